The van der Waals surface area contributed by atoms with Crippen LogP contribution in [0.3, 0.4) is 0 Å². The fraction of sp³-hybridized carbons (Fsp3) is 0.0500. The summed E-state index contributed by atoms with van der Waals surface area (Å²) in [5.41, 5.74) is 0.355. The SMILES string of the molecule is O=C(O)c1ccc(CS(=O)(=O)c2cccc(-c3cc(F)ccc3O)c2)cc1O. The van der Waals surface area contributed by atoms with Crippen LogP contribution in [0, 0.1) is 5.82 Å². The van der Waals surface area contributed by atoms with Crippen molar-refractivity contribution in [1.29, 1.82) is 0 Å². The Morgan fingerprint density at radius 3 is 2.36 bits per heavy atom. The molecule has 0 amide bonds. The number of rotatable bonds is 5. The van der Waals surface area contributed by atoms with Gasteiger partial charge in [-0.05, 0) is 53.6 Å². The molecule has 0 bridgehead atoms. The van der Waals surface area contributed by atoms with Gasteiger partial charge in [0.25, 0.3) is 0 Å². The molecule has 0 spiro atoms. The fourth-order valence-electron chi connectivity index (χ4n) is 2.75. The molecule has 8 heteroatoms. The van der Waals surface area contributed by atoms with E-state index in [0.29, 0.717) is 5.56 Å². The molecule has 28 heavy (non-hydrogen) atoms. The lowest BCUT2D eigenvalue weighted by molar-refractivity contribution is 0.0693. The lowest BCUT2D eigenvalue weighted by Gasteiger charge is -2.09. The Hall–Kier alpha value is -3.39. The van der Waals surface area contributed by atoms with Gasteiger partial charge < -0.3 is 15.3 Å². The van der Waals surface area contributed by atoms with Crippen molar-refractivity contribution in [3.8, 4) is 22.6 Å². The highest BCUT2D eigenvalue weighted by molar-refractivity contribution is 7.90. The number of phenols is 2. The largest absolute Gasteiger partial charge is 0.507 e. The molecule has 0 aliphatic heterocycles. The van der Waals surface area contributed by atoms with Crippen LogP contribution in [-0.2, 0) is 15.6 Å². The molecule has 0 saturated carbocycles. The number of carboxylic acid groups (broad SMARTS) is 1. The molecule has 0 aliphatic carbocycles. The number of carboxylic acids is 1. The highest BCUT2D eigenvalue weighted by atomic mass is 32.2. The van der Waals surface area contributed by atoms with Gasteiger partial charge in [0.05, 0.1) is 10.6 Å². The van der Waals surface area contributed by atoms with Gasteiger partial charge in [-0.1, -0.05) is 18.2 Å². The van der Waals surface area contributed by atoms with Crippen molar-refractivity contribution in [1.82, 2.24) is 0 Å². The molecule has 0 fully saturated rings. The zero-order valence-electron chi connectivity index (χ0n) is 14.3. The molecule has 0 heterocycles. The van der Waals surface area contributed by atoms with Crippen LogP contribution >= 0.6 is 0 Å². The Labute approximate surface area is 160 Å². The number of phenolic OH excluding ortho intramolecular Hbond substituents is 1. The first kappa shape index (κ1) is 19.4. The summed E-state index contributed by atoms with van der Waals surface area (Å²) in [6.45, 7) is 0. The molecule has 0 atom stereocenters. The molecule has 6 nitrogen and oxygen atoms in total. The number of hydrogen-bond acceptors (Lipinski definition) is 5. The number of hydrogen-bond donors (Lipinski definition) is 3. The summed E-state index contributed by atoms with van der Waals surface area (Å²) in [5, 5.41) is 28.6. The summed E-state index contributed by atoms with van der Waals surface area (Å²) >= 11 is 0. The van der Waals surface area contributed by atoms with Crippen molar-refractivity contribution >= 4 is 15.8 Å². The molecule has 0 aromatic heterocycles. The summed E-state index contributed by atoms with van der Waals surface area (Å²) in [6, 6.07) is 12.6. The second-order valence-electron chi connectivity index (χ2n) is 6.11. The third kappa shape index (κ3) is 3.96. The predicted octanol–water partition coefficient (Wildman–Crippen LogP) is 3.58. The van der Waals surface area contributed by atoms with Gasteiger partial charge in [0.2, 0.25) is 0 Å². The molecule has 3 aromatic carbocycles. The van der Waals surface area contributed by atoms with E-state index in [1.54, 1.807) is 6.07 Å². The first-order chi connectivity index (χ1) is 13.2. The Kier molecular flexibility index (Phi) is 5.06. The van der Waals surface area contributed by atoms with E-state index in [0.717, 1.165) is 24.3 Å². The van der Waals surface area contributed by atoms with Crippen LogP contribution in [-0.4, -0.2) is 29.7 Å². The molecule has 3 N–H and O–H groups in total. The fourth-order valence-corrected chi connectivity index (χ4v) is 4.12. The van der Waals surface area contributed by atoms with Gasteiger partial charge in [0.1, 0.15) is 22.9 Å². The maximum Gasteiger partial charge on any atom is 0.339 e. The van der Waals surface area contributed by atoms with Crippen molar-refractivity contribution in [2.24, 2.45) is 0 Å². The highest BCUT2D eigenvalue weighted by Crippen LogP contribution is 2.32. The van der Waals surface area contributed by atoms with Gasteiger partial charge in [-0.2, -0.15) is 0 Å². The van der Waals surface area contributed by atoms with Crippen LogP contribution < -0.4 is 0 Å². The van der Waals surface area contributed by atoms with Gasteiger partial charge >= 0.3 is 5.97 Å². The monoisotopic (exact) mass is 402 g/mol. The number of aromatic hydroxyl groups is 2. The number of benzene rings is 3. The van der Waals surface area contributed by atoms with Crippen LogP contribution in [0.15, 0.2) is 65.6 Å². The first-order valence-electron chi connectivity index (χ1n) is 8.04. The van der Waals surface area contributed by atoms with Crippen molar-refractivity contribution in [2.45, 2.75) is 10.6 Å². The molecule has 144 valence electrons. The molecule has 0 saturated heterocycles. The average Bonchev–Trinajstić information content (AvgIpc) is 2.63. The smallest absolute Gasteiger partial charge is 0.339 e. The Bertz CT molecular complexity index is 1170. The Morgan fingerprint density at radius 1 is 0.929 bits per heavy atom. The van der Waals surface area contributed by atoms with E-state index in [1.807, 2.05) is 0 Å². The van der Waals surface area contributed by atoms with Crippen molar-refractivity contribution in [3.05, 3.63) is 77.6 Å². The number of carbonyl (C=O) groups is 1. The Morgan fingerprint density at radius 2 is 1.68 bits per heavy atom. The molecular weight excluding hydrogens is 387 g/mol. The van der Waals surface area contributed by atoms with Gasteiger partial charge in [0, 0.05) is 5.56 Å². The van der Waals surface area contributed by atoms with E-state index in [1.165, 1.54) is 30.3 Å². The summed E-state index contributed by atoms with van der Waals surface area (Å²) in [6.07, 6.45) is 0. The van der Waals surface area contributed by atoms with E-state index in [4.69, 9.17) is 5.11 Å². The lowest BCUT2D eigenvalue weighted by Crippen LogP contribution is -2.06. The second-order valence-corrected chi connectivity index (χ2v) is 8.09. The van der Waals surface area contributed by atoms with Gasteiger partial charge in [-0.3, -0.25) is 0 Å². The van der Waals surface area contributed by atoms with Gasteiger partial charge in [-0.15, -0.1) is 0 Å². The molecule has 0 unspecified atom stereocenters. The summed E-state index contributed by atoms with van der Waals surface area (Å²) in [7, 11) is -3.85. The molecule has 3 rings (SSSR count). The van der Waals surface area contributed by atoms with Gasteiger partial charge in [-0.25, -0.2) is 17.6 Å². The summed E-state index contributed by atoms with van der Waals surface area (Å²) in [5.74, 6) is -3.09. The van der Waals surface area contributed by atoms with Crippen molar-refractivity contribution in [3.63, 3.8) is 0 Å². The predicted molar refractivity (Wildman–Crippen MR) is 99.5 cm³/mol. The number of halogens is 1. The first-order valence-corrected chi connectivity index (χ1v) is 9.69. The standard InChI is InChI=1S/C20H15FO6S/c21-14-5-7-18(22)17(10-14)13-2-1-3-15(9-13)28(26,27)11-12-4-6-16(20(24)25)19(23)8-12/h1-10,22-23H,11H2,(H,24,25). The number of sulfone groups is 1. The van der Waals surface area contributed by atoms with Crippen LogP contribution in [0.4, 0.5) is 4.39 Å². The van der Waals surface area contributed by atoms with E-state index in [-0.39, 0.29) is 27.3 Å². The quantitative estimate of drug-likeness (QED) is 0.601. The van der Waals surface area contributed by atoms with E-state index >= 15 is 0 Å². The van der Waals surface area contributed by atoms with Crippen LogP contribution in [0.25, 0.3) is 11.1 Å². The Balaban J connectivity index is 1.96. The van der Waals surface area contributed by atoms with E-state index in [2.05, 4.69) is 0 Å². The third-order valence-corrected chi connectivity index (χ3v) is 5.80. The van der Waals surface area contributed by atoms with Gasteiger partial charge in [0.15, 0.2) is 9.84 Å². The summed E-state index contributed by atoms with van der Waals surface area (Å²) < 4.78 is 39.0. The van der Waals surface area contributed by atoms with Crippen LogP contribution in [0.2, 0.25) is 0 Å². The second kappa shape index (κ2) is 7.32. The van der Waals surface area contributed by atoms with Crippen molar-refractivity contribution < 1.29 is 32.9 Å². The maximum atomic E-state index is 13.5. The normalized spacial score (nSPS) is 11.3. The number of aromatic carboxylic acids is 1. The topological polar surface area (TPSA) is 112 Å². The minimum atomic E-state index is -3.85. The average molecular weight is 402 g/mol. The summed E-state index contributed by atoms with van der Waals surface area (Å²) in [4.78, 5) is 10.9. The molecule has 3 aromatic rings. The minimum absolute atomic E-state index is 0.0598. The minimum Gasteiger partial charge on any atom is -0.507 e. The third-order valence-electron chi connectivity index (χ3n) is 4.11. The van der Waals surface area contributed by atoms with Crippen molar-refractivity contribution in [2.75, 3.05) is 0 Å². The zero-order valence-corrected chi connectivity index (χ0v) is 15.1. The molecule has 0 aliphatic rings. The van der Waals surface area contributed by atoms with Crippen LogP contribution in [0.1, 0.15) is 15.9 Å². The highest BCUT2D eigenvalue weighted by Gasteiger charge is 2.19. The molecule has 0 radical (unpaired) electrons. The van der Waals surface area contributed by atoms with Crippen LogP contribution in [0.5, 0.6) is 11.5 Å². The maximum absolute atomic E-state index is 13.5. The van der Waals surface area contributed by atoms with E-state index in [9.17, 15) is 27.8 Å². The molecular formula is C20H15FO6S. The van der Waals surface area contributed by atoms with E-state index < -0.39 is 33.1 Å². The zero-order chi connectivity index (χ0) is 20.5. The lowest BCUT2D eigenvalue weighted by atomic mass is 10.0.